The molecule has 1 unspecified atom stereocenters. The van der Waals surface area contributed by atoms with Gasteiger partial charge in [0.1, 0.15) is 5.76 Å². The third-order valence-electron chi connectivity index (χ3n) is 6.38. The van der Waals surface area contributed by atoms with Gasteiger partial charge in [0.15, 0.2) is 11.5 Å². The Bertz CT molecular complexity index is 1460. The number of fused-ring (bicyclic) bond motifs is 1. The van der Waals surface area contributed by atoms with Gasteiger partial charge in [-0.1, -0.05) is 43.7 Å². The highest BCUT2D eigenvalue weighted by atomic mass is 16.7. The normalized spacial score (nSPS) is 17.8. The summed E-state index contributed by atoms with van der Waals surface area (Å²) in [5.74, 6) is -1.21. The number of aryl methyl sites for hydroxylation is 1. The van der Waals surface area contributed by atoms with E-state index in [9.17, 15) is 19.5 Å². The summed E-state index contributed by atoms with van der Waals surface area (Å²) >= 11 is 0. The van der Waals surface area contributed by atoms with E-state index in [2.05, 4.69) is 0 Å². The van der Waals surface area contributed by atoms with Gasteiger partial charge in [-0.15, -0.1) is 0 Å². The van der Waals surface area contributed by atoms with Crippen LogP contribution in [0, 0.1) is 12.8 Å². The number of hydrogen-bond donors (Lipinski definition) is 1. The van der Waals surface area contributed by atoms with Crippen molar-refractivity contribution in [3.8, 4) is 11.5 Å². The Hall–Kier alpha value is -4.59. The number of benzene rings is 3. The van der Waals surface area contributed by atoms with Crippen LogP contribution >= 0.6 is 0 Å². The molecular formula is C30H27NO7. The number of amides is 1. The number of hydrogen-bond acceptors (Lipinski definition) is 7. The summed E-state index contributed by atoms with van der Waals surface area (Å²) in [5, 5.41) is 11.3. The van der Waals surface area contributed by atoms with E-state index in [0.717, 1.165) is 5.56 Å². The molecule has 0 aliphatic carbocycles. The molecule has 38 heavy (non-hydrogen) atoms. The maximum atomic E-state index is 13.4. The topological polar surface area (TPSA) is 102 Å². The van der Waals surface area contributed by atoms with Gasteiger partial charge in [0.25, 0.3) is 11.7 Å². The van der Waals surface area contributed by atoms with E-state index in [1.807, 2.05) is 39.0 Å². The van der Waals surface area contributed by atoms with Gasteiger partial charge in [0.05, 0.1) is 23.8 Å². The van der Waals surface area contributed by atoms with Crippen LogP contribution < -0.4 is 14.4 Å². The highest BCUT2D eigenvalue weighted by Crippen LogP contribution is 2.43. The van der Waals surface area contributed by atoms with Gasteiger partial charge >= 0.3 is 5.97 Å². The Balaban J connectivity index is 1.58. The summed E-state index contributed by atoms with van der Waals surface area (Å²) < 4.78 is 16.1. The van der Waals surface area contributed by atoms with Crippen LogP contribution in [-0.4, -0.2) is 36.2 Å². The van der Waals surface area contributed by atoms with Gasteiger partial charge in [-0.3, -0.25) is 14.5 Å². The lowest BCUT2D eigenvalue weighted by Gasteiger charge is -2.26. The molecule has 5 rings (SSSR count). The van der Waals surface area contributed by atoms with Crippen molar-refractivity contribution in [2.45, 2.75) is 26.8 Å². The largest absolute Gasteiger partial charge is 0.507 e. The van der Waals surface area contributed by atoms with Crippen LogP contribution in [-0.2, 0) is 14.3 Å². The first-order chi connectivity index (χ1) is 18.2. The van der Waals surface area contributed by atoms with E-state index in [-0.39, 0.29) is 24.0 Å². The number of rotatable bonds is 6. The van der Waals surface area contributed by atoms with Gasteiger partial charge in [-0.25, -0.2) is 4.79 Å². The van der Waals surface area contributed by atoms with E-state index in [1.165, 1.54) is 4.90 Å². The molecular weight excluding hydrogens is 486 g/mol. The minimum Gasteiger partial charge on any atom is -0.507 e. The molecule has 194 valence electrons. The third-order valence-corrected chi connectivity index (χ3v) is 6.38. The van der Waals surface area contributed by atoms with Crippen LogP contribution in [0.25, 0.3) is 5.76 Å². The first-order valence-corrected chi connectivity index (χ1v) is 12.3. The van der Waals surface area contributed by atoms with Crippen molar-refractivity contribution in [3.63, 3.8) is 0 Å². The second-order valence-electron chi connectivity index (χ2n) is 9.69. The molecule has 0 saturated carbocycles. The molecule has 0 spiro atoms. The van der Waals surface area contributed by atoms with E-state index in [0.29, 0.717) is 40.5 Å². The average molecular weight is 514 g/mol. The lowest BCUT2D eigenvalue weighted by Crippen LogP contribution is -2.29. The van der Waals surface area contributed by atoms with Crippen molar-refractivity contribution in [3.05, 3.63) is 94.6 Å². The van der Waals surface area contributed by atoms with E-state index in [4.69, 9.17) is 14.2 Å². The first kappa shape index (κ1) is 25.1. The fourth-order valence-corrected chi connectivity index (χ4v) is 4.54. The standard InChI is InChI=1S/C30H27NO7/c1-17(2)15-36-30(35)19-7-10-22(11-8-19)31-26(20-6-4-5-18(3)13-20)25(28(33)29(31)34)27(32)21-9-12-23-24(14-21)38-16-37-23/h4-14,17,26,32H,15-16H2,1-3H3/b27-25-. The molecule has 3 aromatic rings. The highest BCUT2D eigenvalue weighted by Gasteiger charge is 2.47. The number of esters is 1. The Labute approximate surface area is 220 Å². The number of carbonyl (C=O) groups excluding carboxylic acids is 3. The van der Waals surface area contributed by atoms with Crippen LogP contribution in [0.15, 0.2) is 72.3 Å². The van der Waals surface area contributed by atoms with Gasteiger partial charge in [0, 0.05) is 11.3 Å². The number of anilines is 1. The summed E-state index contributed by atoms with van der Waals surface area (Å²) in [6, 6.07) is 17.7. The second kappa shape index (κ2) is 10.0. The minimum atomic E-state index is -0.890. The van der Waals surface area contributed by atoms with E-state index < -0.39 is 23.7 Å². The lowest BCUT2D eigenvalue weighted by molar-refractivity contribution is -0.132. The number of ketones is 1. The zero-order valence-electron chi connectivity index (χ0n) is 21.3. The molecule has 0 bridgehead atoms. The molecule has 1 saturated heterocycles. The van der Waals surface area contributed by atoms with Crippen molar-refractivity contribution >= 4 is 29.1 Å². The summed E-state index contributed by atoms with van der Waals surface area (Å²) in [4.78, 5) is 40.5. The number of aliphatic hydroxyl groups excluding tert-OH is 1. The van der Waals surface area contributed by atoms with Crippen molar-refractivity contribution in [1.82, 2.24) is 0 Å². The molecule has 2 aliphatic heterocycles. The van der Waals surface area contributed by atoms with Crippen molar-refractivity contribution in [2.24, 2.45) is 5.92 Å². The third kappa shape index (κ3) is 4.61. The molecule has 2 aliphatic rings. The number of nitrogens with zero attached hydrogens (tertiary/aromatic N) is 1. The summed E-state index contributed by atoms with van der Waals surface area (Å²) in [6.45, 7) is 6.16. The SMILES string of the molecule is Cc1cccc(C2/C(=C(/O)c3ccc4c(c3)OCO4)C(=O)C(=O)N2c2ccc(C(=O)OCC(C)C)cc2)c1. The lowest BCUT2D eigenvalue weighted by atomic mass is 9.94. The van der Waals surface area contributed by atoms with E-state index >= 15 is 0 Å². The molecule has 1 atom stereocenters. The van der Waals surface area contributed by atoms with Crippen LogP contribution in [0.2, 0.25) is 0 Å². The maximum Gasteiger partial charge on any atom is 0.338 e. The Morgan fingerprint density at radius 2 is 1.71 bits per heavy atom. The zero-order valence-corrected chi connectivity index (χ0v) is 21.3. The fraction of sp³-hybridized carbons (Fsp3) is 0.233. The second-order valence-corrected chi connectivity index (χ2v) is 9.69. The summed E-state index contributed by atoms with van der Waals surface area (Å²) in [5.41, 5.74) is 2.61. The highest BCUT2D eigenvalue weighted by molar-refractivity contribution is 6.51. The van der Waals surface area contributed by atoms with Gasteiger partial charge < -0.3 is 19.3 Å². The van der Waals surface area contributed by atoms with Gasteiger partial charge in [-0.2, -0.15) is 0 Å². The molecule has 1 amide bonds. The maximum absolute atomic E-state index is 13.4. The molecule has 1 N–H and O–H groups in total. The van der Waals surface area contributed by atoms with Gasteiger partial charge in [0.2, 0.25) is 6.79 Å². The van der Waals surface area contributed by atoms with Gasteiger partial charge in [-0.05, 0) is 60.9 Å². The number of carbonyl (C=O) groups is 3. The summed E-state index contributed by atoms with van der Waals surface area (Å²) in [7, 11) is 0. The molecule has 8 heteroatoms. The van der Waals surface area contributed by atoms with Crippen LogP contribution in [0.4, 0.5) is 5.69 Å². The smallest absolute Gasteiger partial charge is 0.338 e. The molecule has 2 heterocycles. The van der Waals surface area contributed by atoms with Crippen LogP contribution in [0.5, 0.6) is 11.5 Å². The zero-order chi connectivity index (χ0) is 27.0. The Morgan fingerprint density at radius 3 is 2.42 bits per heavy atom. The number of aliphatic hydroxyl groups is 1. The van der Waals surface area contributed by atoms with Crippen molar-refractivity contribution < 1.29 is 33.7 Å². The first-order valence-electron chi connectivity index (χ1n) is 12.3. The quantitative estimate of drug-likeness (QED) is 0.210. The Morgan fingerprint density at radius 1 is 1.00 bits per heavy atom. The predicted molar refractivity (Wildman–Crippen MR) is 140 cm³/mol. The Kier molecular flexibility index (Phi) is 6.63. The molecule has 8 nitrogen and oxygen atoms in total. The minimum absolute atomic E-state index is 0.0418. The average Bonchev–Trinajstić information content (AvgIpc) is 3.48. The molecule has 0 radical (unpaired) electrons. The predicted octanol–water partition coefficient (Wildman–Crippen LogP) is 5.16. The molecule has 1 fully saturated rings. The van der Waals surface area contributed by atoms with Crippen molar-refractivity contribution in [1.29, 1.82) is 0 Å². The molecule has 3 aromatic carbocycles. The molecule has 0 aromatic heterocycles. The monoisotopic (exact) mass is 513 g/mol. The number of ether oxygens (including phenoxy) is 3. The van der Waals surface area contributed by atoms with Crippen molar-refractivity contribution in [2.75, 3.05) is 18.3 Å². The van der Waals surface area contributed by atoms with Crippen LogP contribution in [0.3, 0.4) is 0 Å². The van der Waals surface area contributed by atoms with Crippen LogP contribution in [0.1, 0.15) is 46.9 Å². The summed E-state index contributed by atoms with van der Waals surface area (Å²) in [6.07, 6.45) is 0. The fourth-order valence-electron chi connectivity index (χ4n) is 4.54. The van der Waals surface area contributed by atoms with E-state index in [1.54, 1.807) is 48.5 Å². The number of Topliss-reactive ketones (excluding diaryl/α,β-unsaturated/α-hetero) is 1.